The standard InChI is InChI=1S/C14H18N2/c1-15(2)12-9-5-7-11-8-6-10-13(14(11)12)16(3)4/h5-10H,1-4H3/i1D3,2D3,3D3,4D3. The third-order valence-corrected chi connectivity index (χ3v) is 2.34. The summed E-state index contributed by atoms with van der Waals surface area (Å²) in [5.41, 5.74) is -0.627. The number of benzene rings is 2. The highest BCUT2D eigenvalue weighted by atomic mass is 15.1. The third kappa shape index (κ3) is 1.71. The second-order valence-corrected chi connectivity index (χ2v) is 3.32. The van der Waals surface area contributed by atoms with Gasteiger partial charge in [-0.15, -0.1) is 0 Å². The van der Waals surface area contributed by atoms with Gasteiger partial charge >= 0.3 is 0 Å². The molecule has 0 radical (unpaired) electrons. The summed E-state index contributed by atoms with van der Waals surface area (Å²) >= 11 is 0. The second kappa shape index (κ2) is 4.05. The van der Waals surface area contributed by atoms with Gasteiger partial charge in [0.15, 0.2) is 0 Å². The first kappa shape index (κ1) is 3.39. The zero-order chi connectivity index (χ0) is 21.7. The van der Waals surface area contributed by atoms with Crippen molar-refractivity contribution in [2.45, 2.75) is 0 Å². The minimum absolute atomic E-state index is 0.0931. The number of anilines is 2. The van der Waals surface area contributed by atoms with Crippen LogP contribution in [0, 0.1) is 0 Å². The predicted octanol–water partition coefficient (Wildman–Crippen LogP) is 2.97. The molecule has 16 heavy (non-hydrogen) atoms. The van der Waals surface area contributed by atoms with Gasteiger partial charge in [0.05, 0.1) is 0 Å². The fraction of sp³-hybridized carbons (Fsp3) is 0.286. The Balaban J connectivity index is 2.96. The molecule has 0 saturated heterocycles. The van der Waals surface area contributed by atoms with Gasteiger partial charge in [-0.1, -0.05) is 24.3 Å². The minimum Gasteiger partial charge on any atom is -0.377 e. The molecule has 0 saturated carbocycles. The average molecular weight is 226 g/mol. The van der Waals surface area contributed by atoms with Gasteiger partial charge in [-0.3, -0.25) is 0 Å². The van der Waals surface area contributed by atoms with Crippen molar-refractivity contribution in [1.29, 1.82) is 0 Å². The first-order valence-electron chi connectivity index (χ1n) is 10.6. The Labute approximate surface area is 114 Å². The molecule has 0 aliphatic heterocycles. The third-order valence-electron chi connectivity index (χ3n) is 2.34. The number of nitrogens with zero attached hydrogens (tertiary/aromatic N) is 2. The molecule has 84 valence electrons. The Morgan fingerprint density at radius 2 is 1.31 bits per heavy atom. The van der Waals surface area contributed by atoms with Crippen molar-refractivity contribution in [3.05, 3.63) is 36.4 Å². The molecule has 0 heterocycles. The summed E-state index contributed by atoms with van der Waals surface area (Å²) < 4.78 is 91.7. The van der Waals surface area contributed by atoms with Crippen LogP contribution in [-0.4, -0.2) is 27.9 Å². The SMILES string of the molecule is [2H]C([2H])([2H])N(c1cccc2cccc(N(C([2H])([2H])[2H])C([2H])([2H])[2H])c12)C([2H])([2H])[2H]. The highest BCUT2D eigenvalue weighted by molar-refractivity contribution is 6.03. The van der Waals surface area contributed by atoms with Gasteiger partial charge in [-0.2, -0.15) is 0 Å². The molecule has 0 unspecified atom stereocenters. The normalized spacial score (nSPS) is 24.8. The van der Waals surface area contributed by atoms with Crippen LogP contribution >= 0.6 is 0 Å². The van der Waals surface area contributed by atoms with Crippen LogP contribution in [0.5, 0.6) is 0 Å². The Bertz CT molecular complexity index is 752. The van der Waals surface area contributed by atoms with Crippen LogP contribution < -0.4 is 9.80 Å². The maximum absolute atomic E-state index is 7.64. The van der Waals surface area contributed by atoms with Crippen LogP contribution in [0.1, 0.15) is 16.4 Å². The van der Waals surface area contributed by atoms with E-state index >= 15 is 0 Å². The van der Waals surface area contributed by atoms with Crippen molar-refractivity contribution in [3.63, 3.8) is 0 Å². The number of hydrogen-bond acceptors (Lipinski definition) is 2. The maximum atomic E-state index is 7.64. The van der Waals surface area contributed by atoms with Gasteiger partial charge in [0.25, 0.3) is 0 Å². The molecule has 0 spiro atoms. The lowest BCUT2D eigenvalue weighted by molar-refractivity contribution is 1.12. The van der Waals surface area contributed by atoms with Gasteiger partial charge in [0.2, 0.25) is 0 Å². The average Bonchev–Trinajstić information content (AvgIpc) is 2.41. The molecule has 2 aromatic rings. The lowest BCUT2D eigenvalue weighted by atomic mass is 10.1. The molecular formula is C14H18N2. The van der Waals surface area contributed by atoms with Gasteiger partial charge in [-0.25, -0.2) is 0 Å². The molecule has 2 heteroatoms. The fourth-order valence-electron chi connectivity index (χ4n) is 1.67. The molecule has 0 atom stereocenters. The minimum atomic E-state index is -3.09. The number of rotatable bonds is 2. The Kier molecular flexibility index (Phi) is 0.858. The lowest BCUT2D eigenvalue weighted by Gasteiger charge is -2.21. The van der Waals surface area contributed by atoms with E-state index in [1.807, 2.05) is 0 Å². The van der Waals surface area contributed by atoms with E-state index in [1.54, 1.807) is 0 Å². The Morgan fingerprint density at radius 1 is 0.812 bits per heavy atom. The molecular weight excluding hydrogens is 196 g/mol. The van der Waals surface area contributed by atoms with E-state index in [4.69, 9.17) is 16.4 Å². The maximum Gasteiger partial charge on any atom is 0.0461 e. The molecule has 0 aromatic heterocycles. The summed E-state index contributed by atoms with van der Waals surface area (Å²) in [6.45, 7) is -12.3. The molecule has 0 fully saturated rings. The topological polar surface area (TPSA) is 6.48 Å². The van der Waals surface area contributed by atoms with Crippen molar-refractivity contribution >= 4 is 22.1 Å². The van der Waals surface area contributed by atoms with Crippen molar-refractivity contribution < 1.29 is 16.4 Å². The summed E-state index contributed by atoms with van der Waals surface area (Å²) in [6.07, 6.45) is 0. The largest absolute Gasteiger partial charge is 0.377 e. The molecule has 0 bridgehead atoms. The van der Waals surface area contributed by atoms with Crippen LogP contribution in [0.2, 0.25) is 0 Å². The predicted molar refractivity (Wildman–Crippen MR) is 72.6 cm³/mol. The second-order valence-electron chi connectivity index (χ2n) is 3.32. The van der Waals surface area contributed by atoms with E-state index < -0.39 is 27.9 Å². The fourth-order valence-corrected chi connectivity index (χ4v) is 1.67. The molecule has 0 aliphatic carbocycles. The first-order chi connectivity index (χ1) is 12.5. The Hall–Kier alpha value is -1.70. The summed E-state index contributed by atoms with van der Waals surface area (Å²) in [6, 6.07) is 8.28. The van der Waals surface area contributed by atoms with Crippen LogP contribution in [0.25, 0.3) is 10.8 Å². The molecule has 2 rings (SSSR count). The van der Waals surface area contributed by atoms with Crippen LogP contribution in [0.3, 0.4) is 0 Å². The molecule has 0 N–H and O–H groups in total. The molecule has 2 nitrogen and oxygen atoms in total. The summed E-state index contributed by atoms with van der Waals surface area (Å²) in [7, 11) is 0. The monoisotopic (exact) mass is 226 g/mol. The Morgan fingerprint density at radius 3 is 1.75 bits per heavy atom. The van der Waals surface area contributed by atoms with Crippen LogP contribution in [0.4, 0.5) is 11.4 Å². The summed E-state index contributed by atoms with van der Waals surface area (Å²) in [5.74, 6) is 0. The van der Waals surface area contributed by atoms with Gasteiger partial charge in [0, 0.05) is 61.1 Å². The zero-order valence-electron chi connectivity index (χ0n) is 20.4. The van der Waals surface area contributed by atoms with Gasteiger partial charge < -0.3 is 9.80 Å². The lowest BCUT2D eigenvalue weighted by Crippen LogP contribution is -2.13. The van der Waals surface area contributed by atoms with Gasteiger partial charge in [0.1, 0.15) is 0 Å². The van der Waals surface area contributed by atoms with Crippen molar-refractivity contribution in [2.24, 2.45) is 0 Å². The summed E-state index contributed by atoms with van der Waals surface area (Å²) in [4.78, 5) is 0.423. The first-order valence-corrected chi connectivity index (χ1v) is 4.58. The van der Waals surface area contributed by atoms with Gasteiger partial charge in [-0.05, 0) is 17.5 Å². The van der Waals surface area contributed by atoms with Crippen molar-refractivity contribution in [2.75, 3.05) is 37.7 Å². The highest BCUT2D eigenvalue weighted by Crippen LogP contribution is 2.33. The zero-order valence-corrected chi connectivity index (χ0v) is 8.36. The van der Waals surface area contributed by atoms with E-state index in [1.165, 1.54) is 36.4 Å². The van der Waals surface area contributed by atoms with E-state index in [2.05, 4.69) is 0 Å². The van der Waals surface area contributed by atoms with E-state index in [9.17, 15) is 0 Å². The smallest absolute Gasteiger partial charge is 0.0461 e. The van der Waals surface area contributed by atoms with E-state index in [-0.39, 0.29) is 26.6 Å². The quantitative estimate of drug-likeness (QED) is 0.777. The molecule has 0 aliphatic rings. The van der Waals surface area contributed by atoms with Crippen LogP contribution in [-0.2, 0) is 0 Å². The van der Waals surface area contributed by atoms with Crippen molar-refractivity contribution in [1.82, 2.24) is 0 Å². The van der Waals surface area contributed by atoms with E-state index in [0.29, 0.717) is 5.39 Å². The molecule has 0 amide bonds. The number of fused-ring (bicyclic) bond motifs is 1. The number of hydrogen-bond donors (Lipinski definition) is 0. The van der Waals surface area contributed by atoms with Crippen LogP contribution in [0.15, 0.2) is 36.4 Å². The summed E-state index contributed by atoms with van der Waals surface area (Å²) in [5, 5.41) is 0.205. The van der Waals surface area contributed by atoms with E-state index in [0.717, 1.165) is 0 Å². The molecule has 2 aromatic carbocycles. The highest BCUT2D eigenvalue weighted by Gasteiger charge is 2.08. The van der Waals surface area contributed by atoms with Crippen molar-refractivity contribution in [3.8, 4) is 0 Å².